The van der Waals surface area contributed by atoms with Crippen LogP contribution in [0.5, 0.6) is 0 Å². The van der Waals surface area contributed by atoms with E-state index in [1.165, 1.54) is 18.2 Å². The molecule has 0 saturated heterocycles. The number of benzene rings is 2. The molecule has 0 aliphatic carbocycles. The minimum absolute atomic E-state index is 0.0260. The zero-order chi connectivity index (χ0) is 21.0. The molecule has 0 radical (unpaired) electrons. The normalized spacial score (nSPS) is 14.9. The summed E-state index contributed by atoms with van der Waals surface area (Å²) in [7, 11) is -4.17. The van der Waals surface area contributed by atoms with Crippen molar-refractivity contribution in [2.75, 3.05) is 18.5 Å². The van der Waals surface area contributed by atoms with Gasteiger partial charge in [-0.25, -0.2) is 8.42 Å². The summed E-state index contributed by atoms with van der Waals surface area (Å²) in [4.78, 5) is 24.5. The molecule has 1 aliphatic rings. The number of ether oxygens (including phenoxy) is 1. The molecule has 0 saturated carbocycles. The Balaban J connectivity index is 2.04. The molecule has 2 N–H and O–H groups in total. The molecule has 0 bridgehead atoms. The third kappa shape index (κ3) is 4.09. The first-order valence-electron chi connectivity index (χ1n) is 8.93. The van der Waals surface area contributed by atoms with E-state index in [1.807, 2.05) is 0 Å². The quantitative estimate of drug-likeness (QED) is 0.700. The summed E-state index contributed by atoms with van der Waals surface area (Å²) in [6.45, 7) is 1.43. The maximum absolute atomic E-state index is 13.1. The summed E-state index contributed by atoms with van der Waals surface area (Å²) < 4.78 is 31.9. The molecule has 0 spiro atoms. The van der Waals surface area contributed by atoms with Gasteiger partial charge in [0.25, 0.3) is 15.9 Å². The number of esters is 1. The number of carbonyl (C=O) groups is 2. The van der Waals surface area contributed by atoms with Gasteiger partial charge in [0.2, 0.25) is 0 Å². The Bertz CT molecular complexity index is 1060. The first-order valence-corrected chi connectivity index (χ1v) is 10.4. The van der Waals surface area contributed by atoms with Gasteiger partial charge < -0.3 is 15.2 Å². The molecule has 8 nitrogen and oxygen atoms in total. The van der Waals surface area contributed by atoms with Gasteiger partial charge in [0, 0.05) is 17.8 Å². The van der Waals surface area contributed by atoms with Gasteiger partial charge in [-0.3, -0.25) is 13.9 Å². The van der Waals surface area contributed by atoms with E-state index < -0.39 is 33.4 Å². The Morgan fingerprint density at radius 3 is 2.41 bits per heavy atom. The van der Waals surface area contributed by atoms with Gasteiger partial charge in [0.15, 0.2) is 11.5 Å². The van der Waals surface area contributed by atoms with Crippen LogP contribution in [0, 0.1) is 0 Å². The van der Waals surface area contributed by atoms with Gasteiger partial charge in [0.05, 0.1) is 17.9 Å². The number of para-hydroxylation sites is 1. The number of aliphatic hydroxyl groups excluding tert-OH is 1. The number of rotatable bonds is 6. The molecule has 0 unspecified atom stereocenters. The molecule has 2 aromatic rings. The highest BCUT2D eigenvalue weighted by atomic mass is 32.2. The van der Waals surface area contributed by atoms with Crippen LogP contribution in [-0.4, -0.2) is 42.9 Å². The van der Waals surface area contributed by atoms with E-state index in [0.29, 0.717) is 5.69 Å². The van der Waals surface area contributed by atoms with Crippen LogP contribution in [-0.2, 0) is 24.3 Å². The number of anilines is 1. The number of sulfonamides is 1. The van der Waals surface area contributed by atoms with Crippen molar-refractivity contribution in [3.05, 3.63) is 65.9 Å². The maximum atomic E-state index is 13.1. The summed E-state index contributed by atoms with van der Waals surface area (Å²) in [5.41, 5.74) is 0.00865. The van der Waals surface area contributed by atoms with Crippen LogP contribution in [0.25, 0.3) is 5.76 Å². The summed E-state index contributed by atoms with van der Waals surface area (Å²) in [6.07, 6.45) is -0.273. The number of nitrogens with one attached hydrogen (secondary N) is 1. The molecule has 1 amide bonds. The van der Waals surface area contributed by atoms with Gasteiger partial charge in [0.1, 0.15) is 0 Å². The van der Waals surface area contributed by atoms with E-state index >= 15 is 0 Å². The minimum atomic E-state index is -4.17. The molecule has 1 aliphatic heterocycles. The molecule has 2 aromatic carbocycles. The fraction of sp³-hybridized carbons (Fsp3) is 0.200. The first-order chi connectivity index (χ1) is 13.9. The molecule has 0 atom stereocenters. The van der Waals surface area contributed by atoms with Crippen molar-refractivity contribution in [1.29, 1.82) is 0 Å². The van der Waals surface area contributed by atoms with E-state index in [-0.39, 0.29) is 30.0 Å². The predicted molar refractivity (Wildman–Crippen MR) is 106 cm³/mol. The highest BCUT2D eigenvalue weighted by Crippen LogP contribution is 2.36. The lowest BCUT2D eigenvalue weighted by Gasteiger charge is -2.31. The second kappa shape index (κ2) is 8.36. The molecule has 9 heteroatoms. The zero-order valence-electron chi connectivity index (χ0n) is 15.7. The van der Waals surface area contributed by atoms with Gasteiger partial charge in [-0.1, -0.05) is 30.3 Å². The second-order valence-electron chi connectivity index (χ2n) is 6.15. The minimum Gasteiger partial charge on any atom is -0.505 e. The molecule has 29 heavy (non-hydrogen) atoms. The average Bonchev–Trinajstić information content (AvgIpc) is 2.70. The Kier molecular flexibility index (Phi) is 5.88. The van der Waals surface area contributed by atoms with Crippen molar-refractivity contribution < 1.29 is 27.9 Å². The van der Waals surface area contributed by atoms with E-state index in [0.717, 1.165) is 4.31 Å². The summed E-state index contributed by atoms with van der Waals surface area (Å²) >= 11 is 0. The standard InChI is InChI=1S/C20H20N2O6S/c1-2-28-17(23)12-13-22-18(20(25)21-14-8-4-3-5-9-14)19(24)15-10-6-7-11-16(15)29(22,26)27/h3-11,24H,2,12-13H2,1H3,(H,21,25). The van der Waals surface area contributed by atoms with Crippen LogP contribution in [0.3, 0.4) is 0 Å². The van der Waals surface area contributed by atoms with Crippen LogP contribution < -0.4 is 5.32 Å². The van der Waals surface area contributed by atoms with Crippen LogP contribution in [0.2, 0.25) is 0 Å². The smallest absolute Gasteiger partial charge is 0.307 e. The van der Waals surface area contributed by atoms with E-state index in [1.54, 1.807) is 43.3 Å². The van der Waals surface area contributed by atoms with Crippen molar-refractivity contribution in [1.82, 2.24) is 4.31 Å². The lowest BCUT2D eigenvalue weighted by Crippen LogP contribution is -2.41. The number of carbonyl (C=O) groups excluding carboxylic acids is 2. The van der Waals surface area contributed by atoms with Gasteiger partial charge in [-0.05, 0) is 31.2 Å². The van der Waals surface area contributed by atoms with Crippen molar-refractivity contribution in [2.24, 2.45) is 0 Å². The first kappa shape index (κ1) is 20.4. The highest BCUT2D eigenvalue weighted by Gasteiger charge is 2.40. The van der Waals surface area contributed by atoms with Crippen LogP contribution >= 0.6 is 0 Å². The molecule has 152 valence electrons. The van der Waals surface area contributed by atoms with Gasteiger partial charge in [-0.15, -0.1) is 0 Å². The van der Waals surface area contributed by atoms with Crippen molar-refractivity contribution in [2.45, 2.75) is 18.2 Å². The van der Waals surface area contributed by atoms with Crippen molar-refractivity contribution >= 4 is 33.3 Å². The number of aliphatic hydroxyl groups is 1. The zero-order valence-corrected chi connectivity index (χ0v) is 16.5. The Labute approximate surface area is 168 Å². The Morgan fingerprint density at radius 1 is 1.07 bits per heavy atom. The average molecular weight is 416 g/mol. The number of nitrogens with zero attached hydrogens (tertiary/aromatic N) is 1. The highest BCUT2D eigenvalue weighted by molar-refractivity contribution is 7.89. The van der Waals surface area contributed by atoms with Crippen LogP contribution in [0.1, 0.15) is 18.9 Å². The SMILES string of the molecule is CCOC(=O)CCN1C(C(=O)Nc2ccccc2)=C(O)c2ccccc2S1(=O)=O. The number of hydrogen-bond acceptors (Lipinski definition) is 6. The van der Waals surface area contributed by atoms with E-state index in [2.05, 4.69) is 5.32 Å². The van der Waals surface area contributed by atoms with Crippen LogP contribution in [0.4, 0.5) is 5.69 Å². The second-order valence-corrected chi connectivity index (χ2v) is 7.98. The topological polar surface area (TPSA) is 113 Å². The fourth-order valence-corrected chi connectivity index (χ4v) is 4.63. The largest absolute Gasteiger partial charge is 0.505 e. The number of fused-ring (bicyclic) bond motifs is 1. The summed E-state index contributed by atoms with van der Waals surface area (Å²) in [5.74, 6) is -1.90. The Hall–Kier alpha value is -3.33. The Morgan fingerprint density at radius 2 is 1.72 bits per heavy atom. The van der Waals surface area contributed by atoms with E-state index in [9.17, 15) is 23.1 Å². The molecule has 0 fully saturated rings. The monoisotopic (exact) mass is 416 g/mol. The lowest BCUT2D eigenvalue weighted by atomic mass is 10.1. The van der Waals surface area contributed by atoms with Crippen molar-refractivity contribution in [3.63, 3.8) is 0 Å². The van der Waals surface area contributed by atoms with Crippen LogP contribution in [0.15, 0.2) is 65.2 Å². The molecular formula is C20H20N2O6S. The molecular weight excluding hydrogens is 396 g/mol. The predicted octanol–water partition coefficient (Wildman–Crippen LogP) is 2.51. The molecule has 0 aromatic heterocycles. The van der Waals surface area contributed by atoms with Gasteiger partial charge in [-0.2, -0.15) is 0 Å². The van der Waals surface area contributed by atoms with Gasteiger partial charge >= 0.3 is 5.97 Å². The third-order valence-electron chi connectivity index (χ3n) is 4.26. The number of amides is 1. The van der Waals surface area contributed by atoms with Crippen molar-refractivity contribution in [3.8, 4) is 0 Å². The van der Waals surface area contributed by atoms with E-state index in [4.69, 9.17) is 4.74 Å². The lowest BCUT2D eigenvalue weighted by molar-refractivity contribution is -0.143. The molecule has 3 rings (SSSR count). The summed E-state index contributed by atoms with van der Waals surface area (Å²) in [5, 5.41) is 13.3. The fourth-order valence-electron chi connectivity index (χ4n) is 2.96. The number of hydrogen-bond donors (Lipinski definition) is 2. The summed E-state index contributed by atoms with van der Waals surface area (Å²) in [6, 6.07) is 14.3. The maximum Gasteiger partial charge on any atom is 0.307 e. The molecule has 1 heterocycles. The third-order valence-corrected chi connectivity index (χ3v) is 6.11.